The van der Waals surface area contributed by atoms with Crippen LogP contribution in [0.15, 0.2) is 0 Å². The third-order valence-electron chi connectivity index (χ3n) is 1.14. The Morgan fingerprint density at radius 1 is 0.909 bits per heavy atom. The van der Waals surface area contributed by atoms with Gasteiger partial charge in [-0.2, -0.15) is 0 Å². The molecule has 0 aliphatic rings. The maximum atomic E-state index is 5.57. The summed E-state index contributed by atoms with van der Waals surface area (Å²) >= 11 is -1.31. The third-order valence-corrected chi connectivity index (χ3v) is 4.19. The second-order valence-corrected chi connectivity index (χ2v) is 6.12. The minimum atomic E-state index is -1.31. The van der Waals surface area contributed by atoms with Crippen molar-refractivity contribution in [3.63, 3.8) is 0 Å². The van der Waals surface area contributed by atoms with E-state index in [0.29, 0.717) is 0 Å². The molecule has 0 aliphatic carbocycles. The van der Waals surface area contributed by atoms with E-state index >= 15 is 0 Å². The molecule has 0 heterocycles. The average molecular weight is 222 g/mol. The van der Waals surface area contributed by atoms with Crippen LogP contribution in [0.25, 0.3) is 0 Å². The van der Waals surface area contributed by atoms with Crippen molar-refractivity contribution in [2.45, 2.75) is 38.8 Å². The average Bonchev–Trinajstić information content (AvgIpc) is 2.05. The van der Waals surface area contributed by atoms with Crippen LogP contribution in [0.2, 0.25) is 5.21 Å². The third kappa shape index (κ3) is 6.86. The van der Waals surface area contributed by atoms with Crippen LogP contribution in [0.3, 0.4) is 0 Å². The predicted octanol–water partition coefficient (Wildman–Crippen LogP) is 2.35. The second kappa shape index (κ2) is 8.57. The predicted molar refractivity (Wildman–Crippen MR) is 48.7 cm³/mol. The fourth-order valence-corrected chi connectivity index (χ4v) is 3.15. The van der Waals surface area contributed by atoms with E-state index in [0.717, 1.165) is 31.3 Å². The molecule has 0 bridgehead atoms. The van der Waals surface area contributed by atoms with Gasteiger partial charge in [0, 0.05) is 0 Å². The van der Waals surface area contributed by atoms with Gasteiger partial charge in [-0.3, -0.25) is 0 Å². The summed E-state index contributed by atoms with van der Waals surface area (Å²) in [7, 11) is 0. The van der Waals surface area contributed by atoms with Gasteiger partial charge in [0.25, 0.3) is 0 Å². The standard InChI is InChI=1S/C8H19AsO2/c1-4-7-10-9(6-3)11-8-5-2/h4-8H2,1-3H3. The number of hydrogen-bond donors (Lipinski definition) is 0. The Morgan fingerprint density at radius 2 is 1.36 bits per heavy atom. The molecule has 0 aromatic rings. The van der Waals surface area contributed by atoms with Gasteiger partial charge in [-0.15, -0.1) is 0 Å². The Hall–Kier alpha value is 0.478. The van der Waals surface area contributed by atoms with E-state index in [2.05, 4.69) is 20.8 Å². The van der Waals surface area contributed by atoms with E-state index in [1.165, 1.54) is 0 Å². The Labute approximate surface area is 75.2 Å². The van der Waals surface area contributed by atoms with Crippen LogP contribution in [0.1, 0.15) is 33.6 Å². The van der Waals surface area contributed by atoms with Gasteiger partial charge in [-0.25, -0.2) is 0 Å². The summed E-state index contributed by atoms with van der Waals surface area (Å²) in [6, 6.07) is 0. The van der Waals surface area contributed by atoms with Gasteiger partial charge in [0.2, 0.25) is 0 Å². The molecule has 0 atom stereocenters. The summed E-state index contributed by atoms with van der Waals surface area (Å²) < 4.78 is 11.1. The van der Waals surface area contributed by atoms with Gasteiger partial charge in [0.05, 0.1) is 0 Å². The second-order valence-electron chi connectivity index (χ2n) is 2.32. The summed E-state index contributed by atoms with van der Waals surface area (Å²) in [6.45, 7) is 8.14. The van der Waals surface area contributed by atoms with Crippen LogP contribution in [0.5, 0.6) is 0 Å². The van der Waals surface area contributed by atoms with Crippen molar-refractivity contribution >= 4 is 15.3 Å². The first-order valence-corrected chi connectivity index (χ1v) is 7.24. The van der Waals surface area contributed by atoms with E-state index in [4.69, 9.17) is 7.45 Å². The molecule has 0 aliphatic heterocycles. The zero-order valence-corrected chi connectivity index (χ0v) is 9.68. The van der Waals surface area contributed by atoms with E-state index in [9.17, 15) is 0 Å². The van der Waals surface area contributed by atoms with Gasteiger partial charge in [-0.05, 0) is 0 Å². The van der Waals surface area contributed by atoms with Crippen LogP contribution in [0, 0.1) is 0 Å². The van der Waals surface area contributed by atoms with Crippen LogP contribution in [0.4, 0.5) is 0 Å². The summed E-state index contributed by atoms with van der Waals surface area (Å²) in [5.41, 5.74) is 0. The topological polar surface area (TPSA) is 18.5 Å². The van der Waals surface area contributed by atoms with Gasteiger partial charge >= 0.3 is 74.8 Å². The zero-order valence-electron chi connectivity index (χ0n) is 7.80. The van der Waals surface area contributed by atoms with Gasteiger partial charge in [0.1, 0.15) is 0 Å². The van der Waals surface area contributed by atoms with Crippen LogP contribution < -0.4 is 0 Å². The molecule has 0 N–H and O–H groups in total. The van der Waals surface area contributed by atoms with Crippen molar-refractivity contribution < 1.29 is 7.45 Å². The first kappa shape index (κ1) is 11.5. The fourth-order valence-electron chi connectivity index (χ4n) is 0.606. The maximum absolute atomic E-state index is 5.57. The quantitative estimate of drug-likeness (QED) is 0.615. The Bertz CT molecular complexity index is 70.5. The van der Waals surface area contributed by atoms with Crippen molar-refractivity contribution in [1.29, 1.82) is 0 Å². The molecule has 0 fully saturated rings. The van der Waals surface area contributed by atoms with Crippen molar-refractivity contribution in [2.75, 3.05) is 13.2 Å². The fraction of sp³-hybridized carbons (Fsp3) is 1.00. The first-order chi connectivity index (χ1) is 5.35. The Balaban J connectivity index is 3.25. The van der Waals surface area contributed by atoms with Gasteiger partial charge in [0.15, 0.2) is 0 Å². The van der Waals surface area contributed by atoms with Crippen molar-refractivity contribution in [3.05, 3.63) is 0 Å². The Kier molecular flexibility index (Phi) is 8.95. The molecular weight excluding hydrogens is 203 g/mol. The molecule has 0 aromatic carbocycles. The summed E-state index contributed by atoms with van der Waals surface area (Å²) in [4.78, 5) is 0. The van der Waals surface area contributed by atoms with Crippen LogP contribution in [-0.4, -0.2) is 28.5 Å². The molecule has 2 nitrogen and oxygen atoms in total. The van der Waals surface area contributed by atoms with Crippen LogP contribution >= 0.6 is 0 Å². The zero-order chi connectivity index (χ0) is 8.53. The van der Waals surface area contributed by atoms with Crippen molar-refractivity contribution in [2.24, 2.45) is 0 Å². The molecule has 0 amide bonds. The first-order valence-electron chi connectivity index (χ1n) is 4.38. The molecule has 0 radical (unpaired) electrons. The molecule has 0 spiro atoms. The monoisotopic (exact) mass is 222 g/mol. The molecule has 0 aromatic heterocycles. The minimum absolute atomic E-state index is 0.873. The Morgan fingerprint density at radius 3 is 1.64 bits per heavy atom. The molecule has 68 valence electrons. The van der Waals surface area contributed by atoms with E-state index in [-0.39, 0.29) is 0 Å². The SMILES string of the molecule is CCCO[As](CC)OCCC. The number of hydrogen-bond acceptors (Lipinski definition) is 2. The summed E-state index contributed by atoms with van der Waals surface area (Å²) in [5, 5.41) is 1.09. The van der Waals surface area contributed by atoms with Gasteiger partial charge in [-0.1, -0.05) is 0 Å². The molecule has 0 rings (SSSR count). The van der Waals surface area contributed by atoms with Crippen LogP contribution in [-0.2, 0) is 7.45 Å². The molecule has 0 saturated carbocycles. The molecule has 0 unspecified atom stereocenters. The summed E-state index contributed by atoms with van der Waals surface area (Å²) in [6.07, 6.45) is 2.20. The summed E-state index contributed by atoms with van der Waals surface area (Å²) in [5.74, 6) is 0. The van der Waals surface area contributed by atoms with Crippen molar-refractivity contribution in [1.82, 2.24) is 0 Å². The number of rotatable bonds is 7. The molecule has 11 heavy (non-hydrogen) atoms. The molecule has 0 saturated heterocycles. The normalized spacial score (nSPS) is 10.9. The van der Waals surface area contributed by atoms with E-state index in [1.54, 1.807) is 0 Å². The van der Waals surface area contributed by atoms with E-state index < -0.39 is 15.3 Å². The van der Waals surface area contributed by atoms with Gasteiger partial charge < -0.3 is 0 Å². The van der Waals surface area contributed by atoms with Crippen molar-refractivity contribution in [3.8, 4) is 0 Å². The molecule has 3 heteroatoms. The molecular formula is C8H19AsO2. The van der Waals surface area contributed by atoms with E-state index in [1.807, 2.05) is 0 Å².